The first-order valence-corrected chi connectivity index (χ1v) is 8.04. The van der Waals surface area contributed by atoms with Gasteiger partial charge < -0.3 is 19.4 Å². The second-order valence-electron chi connectivity index (χ2n) is 6.11. The average Bonchev–Trinajstić information content (AvgIpc) is 3.32. The van der Waals surface area contributed by atoms with E-state index in [1.54, 1.807) is 24.1 Å². The summed E-state index contributed by atoms with van der Waals surface area (Å²) in [5, 5.41) is 3.29. The number of ether oxygens (including phenoxy) is 1. The molecule has 1 atom stereocenters. The zero-order valence-corrected chi connectivity index (χ0v) is 13.7. The minimum atomic E-state index is -0.391. The molecule has 3 heterocycles. The fourth-order valence-corrected chi connectivity index (χ4v) is 3.40. The molecule has 0 unspecified atom stereocenters. The van der Waals surface area contributed by atoms with Crippen LogP contribution >= 0.6 is 0 Å². The summed E-state index contributed by atoms with van der Waals surface area (Å²) >= 11 is 0. The van der Waals surface area contributed by atoms with E-state index >= 15 is 0 Å². The van der Waals surface area contributed by atoms with Crippen LogP contribution in [0.25, 0.3) is 11.0 Å². The van der Waals surface area contributed by atoms with Gasteiger partial charge in [-0.1, -0.05) is 12.1 Å². The Morgan fingerprint density at radius 2 is 2.20 bits per heavy atom. The highest BCUT2D eigenvalue weighted by molar-refractivity contribution is 6.02. The minimum Gasteiger partial charge on any atom is -0.493 e. The molecule has 2 aliphatic heterocycles. The monoisotopic (exact) mass is 343 g/mol. The number of nitrogens with one attached hydrogen (secondary N) is 1. The van der Waals surface area contributed by atoms with E-state index in [4.69, 9.17) is 9.15 Å². The molecule has 0 spiro atoms. The van der Waals surface area contributed by atoms with E-state index in [0.717, 1.165) is 5.39 Å². The molecule has 25 heavy (non-hydrogen) atoms. The fourth-order valence-electron chi connectivity index (χ4n) is 3.40. The lowest BCUT2D eigenvalue weighted by atomic mass is 10.2. The van der Waals surface area contributed by atoms with Gasteiger partial charge in [-0.2, -0.15) is 0 Å². The van der Waals surface area contributed by atoms with E-state index in [0.29, 0.717) is 30.8 Å². The molecule has 2 aliphatic rings. The Morgan fingerprint density at radius 3 is 2.92 bits per heavy atom. The third-order valence-corrected chi connectivity index (χ3v) is 4.63. The SMILES string of the molecule is COc1cccc2cc(C(=O)N3CC[C@H](N4C(=O)CNC4=O)C3)oc12. The van der Waals surface area contributed by atoms with Gasteiger partial charge in [-0.15, -0.1) is 0 Å². The second kappa shape index (κ2) is 5.80. The van der Waals surface area contributed by atoms with Crippen molar-refractivity contribution < 1.29 is 23.5 Å². The molecular weight excluding hydrogens is 326 g/mol. The standard InChI is InChI=1S/C17H17N3O5/c1-24-12-4-2-3-10-7-13(25-15(10)12)16(22)19-6-5-11(9-19)20-14(21)8-18-17(20)23/h2-4,7,11H,5-6,8-9H2,1H3,(H,18,23)/t11-/m0/s1. The number of imide groups is 1. The van der Waals surface area contributed by atoms with Gasteiger partial charge in [0.1, 0.15) is 0 Å². The van der Waals surface area contributed by atoms with Crippen LogP contribution in [0, 0.1) is 0 Å². The van der Waals surface area contributed by atoms with Gasteiger partial charge in [0.2, 0.25) is 5.91 Å². The van der Waals surface area contributed by atoms with Crippen molar-refractivity contribution in [1.29, 1.82) is 0 Å². The summed E-state index contributed by atoms with van der Waals surface area (Å²) in [6, 6.07) is 6.44. The Morgan fingerprint density at radius 1 is 1.36 bits per heavy atom. The van der Waals surface area contributed by atoms with Crippen LogP contribution < -0.4 is 10.1 Å². The first-order chi connectivity index (χ1) is 12.1. The van der Waals surface area contributed by atoms with Crippen LogP contribution in [-0.2, 0) is 4.79 Å². The normalized spacial score (nSPS) is 20.4. The number of amides is 4. The van der Waals surface area contributed by atoms with Gasteiger partial charge >= 0.3 is 6.03 Å². The Bertz CT molecular complexity index is 858. The largest absolute Gasteiger partial charge is 0.493 e. The predicted octanol–water partition coefficient (Wildman–Crippen LogP) is 1.21. The highest BCUT2D eigenvalue weighted by Crippen LogP contribution is 2.30. The number of hydrogen-bond donors (Lipinski definition) is 1. The van der Waals surface area contributed by atoms with Gasteiger partial charge in [-0.3, -0.25) is 14.5 Å². The van der Waals surface area contributed by atoms with Crippen LogP contribution in [0.3, 0.4) is 0 Å². The lowest BCUT2D eigenvalue weighted by molar-refractivity contribution is -0.126. The number of urea groups is 1. The molecule has 130 valence electrons. The lowest BCUT2D eigenvalue weighted by Gasteiger charge is -2.21. The molecule has 0 radical (unpaired) electrons. The van der Waals surface area contributed by atoms with Crippen molar-refractivity contribution in [1.82, 2.24) is 15.1 Å². The third kappa shape index (κ3) is 2.50. The molecule has 2 aromatic rings. The maximum Gasteiger partial charge on any atom is 0.324 e. The van der Waals surface area contributed by atoms with Crippen LogP contribution in [0.4, 0.5) is 4.79 Å². The number of fused-ring (bicyclic) bond motifs is 1. The van der Waals surface area contributed by atoms with Crippen LogP contribution in [0.2, 0.25) is 0 Å². The van der Waals surface area contributed by atoms with Crippen LogP contribution in [0.5, 0.6) is 5.75 Å². The van der Waals surface area contributed by atoms with Crippen molar-refractivity contribution in [3.63, 3.8) is 0 Å². The number of rotatable bonds is 3. The summed E-state index contributed by atoms with van der Waals surface area (Å²) in [6.45, 7) is 0.799. The van der Waals surface area contributed by atoms with E-state index in [1.165, 1.54) is 4.90 Å². The number of nitrogens with zero attached hydrogens (tertiary/aromatic N) is 2. The smallest absolute Gasteiger partial charge is 0.324 e. The summed E-state index contributed by atoms with van der Waals surface area (Å²) in [4.78, 5) is 39.1. The molecule has 2 saturated heterocycles. The van der Waals surface area contributed by atoms with Crippen molar-refractivity contribution in [2.24, 2.45) is 0 Å². The maximum absolute atomic E-state index is 12.7. The molecule has 0 saturated carbocycles. The number of methoxy groups -OCH3 is 1. The molecule has 1 aromatic carbocycles. The van der Waals surface area contributed by atoms with Gasteiger partial charge in [-0.25, -0.2) is 4.79 Å². The first-order valence-electron chi connectivity index (χ1n) is 8.04. The summed E-state index contributed by atoms with van der Waals surface area (Å²) in [5.41, 5.74) is 0.526. The lowest BCUT2D eigenvalue weighted by Crippen LogP contribution is -2.42. The molecule has 8 heteroatoms. The van der Waals surface area contributed by atoms with Gasteiger partial charge in [0, 0.05) is 18.5 Å². The van der Waals surface area contributed by atoms with Gasteiger partial charge in [0.25, 0.3) is 5.91 Å². The maximum atomic E-state index is 12.7. The van der Waals surface area contributed by atoms with Crippen LogP contribution in [0.15, 0.2) is 28.7 Å². The van der Waals surface area contributed by atoms with E-state index in [-0.39, 0.29) is 30.2 Å². The molecule has 2 fully saturated rings. The highest BCUT2D eigenvalue weighted by atomic mass is 16.5. The number of carbonyl (C=O) groups is 3. The Balaban J connectivity index is 1.54. The van der Waals surface area contributed by atoms with Crippen molar-refractivity contribution in [3.8, 4) is 5.75 Å². The number of benzene rings is 1. The Labute approximate surface area is 143 Å². The molecule has 1 N–H and O–H groups in total. The first kappa shape index (κ1) is 15.5. The quantitative estimate of drug-likeness (QED) is 0.846. The molecule has 0 aliphatic carbocycles. The molecule has 1 aromatic heterocycles. The van der Waals surface area contributed by atoms with Crippen LogP contribution in [0.1, 0.15) is 17.0 Å². The zero-order chi connectivity index (χ0) is 17.6. The van der Waals surface area contributed by atoms with Crippen molar-refractivity contribution in [2.45, 2.75) is 12.5 Å². The second-order valence-corrected chi connectivity index (χ2v) is 6.11. The molecular formula is C17H17N3O5. The Hall–Kier alpha value is -3.03. The van der Waals surface area contributed by atoms with E-state index in [2.05, 4.69) is 5.32 Å². The Kier molecular flexibility index (Phi) is 3.60. The number of carbonyl (C=O) groups excluding carboxylic acids is 3. The van der Waals surface area contributed by atoms with E-state index < -0.39 is 6.03 Å². The third-order valence-electron chi connectivity index (χ3n) is 4.63. The predicted molar refractivity (Wildman–Crippen MR) is 87.3 cm³/mol. The molecule has 4 amide bonds. The number of likely N-dealkylation sites (tertiary alicyclic amines) is 1. The molecule has 0 bridgehead atoms. The number of furan rings is 1. The average molecular weight is 343 g/mol. The van der Waals surface area contributed by atoms with Crippen molar-refractivity contribution >= 4 is 28.8 Å². The van der Waals surface area contributed by atoms with Gasteiger partial charge in [0.05, 0.1) is 19.7 Å². The molecule has 4 rings (SSSR count). The van der Waals surface area contributed by atoms with Gasteiger partial charge in [-0.05, 0) is 18.6 Å². The fraction of sp³-hybridized carbons (Fsp3) is 0.353. The zero-order valence-electron chi connectivity index (χ0n) is 13.7. The van der Waals surface area contributed by atoms with E-state index in [9.17, 15) is 14.4 Å². The number of para-hydroxylation sites is 1. The topological polar surface area (TPSA) is 92.1 Å². The summed E-state index contributed by atoms with van der Waals surface area (Å²) in [6.07, 6.45) is 0.564. The van der Waals surface area contributed by atoms with Crippen molar-refractivity contribution in [3.05, 3.63) is 30.0 Å². The summed E-state index contributed by atoms with van der Waals surface area (Å²) in [5.74, 6) is 0.276. The summed E-state index contributed by atoms with van der Waals surface area (Å²) < 4.78 is 10.9. The minimum absolute atomic E-state index is 0.0205. The van der Waals surface area contributed by atoms with Gasteiger partial charge in [0.15, 0.2) is 17.1 Å². The number of hydrogen-bond acceptors (Lipinski definition) is 5. The summed E-state index contributed by atoms with van der Waals surface area (Å²) in [7, 11) is 1.54. The van der Waals surface area contributed by atoms with Crippen molar-refractivity contribution in [2.75, 3.05) is 26.7 Å². The highest BCUT2D eigenvalue weighted by Gasteiger charge is 2.40. The van der Waals surface area contributed by atoms with E-state index in [1.807, 2.05) is 12.1 Å². The molecule has 8 nitrogen and oxygen atoms in total. The van der Waals surface area contributed by atoms with Crippen LogP contribution in [-0.4, -0.2) is 60.4 Å².